The van der Waals surface area contributed by atoms with E-state index in [1.54, 1.807) is 6.20 Å². The summed E-state index contributed by atoms with van der Waals surface area (Å²) < 4.78 is 1.99. The number of carbonyl (C=O) groups excluding carboxylic acids is 1. The van der Waals surface area contributed by atoms with Crippen molar-refractivity contribution in [2.24, 2.45) is 0 Å². The number of aromatic nitrogens is 4. The molecular formula is C16H20N6O. The second-order valence-corrected chi connectivity index (χ2v) is 6.27. The van der Waals surface area contributed by atoms with Gasteiger partial charge in [-0.15, -0.1) is 0 Å². The predicted molar refractivity (Wildman–Crippen MR) is 84.9 cm³/mol. The Morgan fingerprint density at radius 2 is 2.22 bits per heavy atom. The molecule has 120 valence electrons. The minimum atomic E-state index is 0.207. The molecule has 2 aliphatic heterocycles. The summed E-state index contributed by atoms with van der Waals surface area (Å²) in [4.78, 5) is 24.5. The first-order chi connectivity index (χ1) is 11.2. The number of anilines is 1. The van der Waals surface area contributed by atoms with Gasteiger partial charge in [0.1, 0.15) is 5.82 Å². The van der Waals surface area contributed by atoms with Gasteiger partial charge in [-0.3, -0.25) is 14.4 Å². The lowest BCUT2D eigenvalue weighted by atomic mass is 10.1. The molecule has 0 N–H and O–H groups in total. The van der Waals surface area contributed by atoms with Gasteiger partial charge in [0, 0.05) is 45.0 Å². The smallest absolute Gasteiger partial charge is 0.227 e. The van der Waals surface area contributed by atoms with Crippen molar-refractivity contribution in [3.05, 3.63) is 36.2 Å². The molecule has 2 aromatic heterocycles. The van der Waals surface area contributed by atoms with E-state index in [4.69, 9.17) is 0 Å². The van der Waals surface area contributed by atoms with E-state index >= 15 is 0 Å². The Bertz CT molecular complexity index is 721. The average Bonchev–Trinajstić information content (AvgIpc) is 3.11. The zero-order valence-corrected chi connectivity index (χ0v) is 13.2. The number of rotatable bonds is 4. The van der Waals surface area contributed by atoms with E-state index in [2.05, 4.69) is 20.0 Å². The summed E-state index contributed by atoms with van der Waals surface area (Å²) in [7, 11) is 0. The van der Waals surface area contributed by atoms with Crippen molar-refractivity contribution in [1.82, 2.24) is 24.6 Å². The zero-order chi connectivity index (χ0) is 15.8. The highest BCUT2D eigenvalue weighted by atomic mass is 16.2. The minimum Gasteiger partial charge on any atom is -0.309 e. The van der Waals surface area contributed by atoms with Gasteiger partial charge in [0.25, 0.3) is 0 Å². The van der Waals surface area contributed by atoms with Crippen LogP contribution in [0.15, 0.2) is 24.7 Å². The van der Waals surface area contributed by atoms with Gasteiger partial charge in [-0.1, -0.05) is 0 Å². The van der Waals surface area contributed by atoms with Crippen LogP contribution in [0.2, 0.25) is 0 Å². The van der Waals surface area contributed by atoms with Gasteiger partial charge in [-0.25, -0.2) is 9.97 Å². The molecule has 0 atom stereocenters. The Morgan fingerprint density at radius 1 is 1.35 bits per heavy atom. The van der Waals surface area contributed by atoms with Crippen molar-refractivity contribution < 1.29 is 4.79 Å². The van der Waals surface area contributed by atoms with Crippen molar-refractivity contribution in [3.8, 4) is 0 Å². The van der Waals surface area contributed by atoms with E-state index in [1.165, 1.54) is 0 Å². The number of hydrogen-bond acceptors (Lipinski definition) is 5. The molecule has 0 radical (unpaired) electrons. The Morgan fingerprint density at radius 3 is 2.96 bits per heavy atom. The molecule has 2 aliphatic rings. The Balaban J connectivity index is 1.35. The van der Waals surface area contributed by atoms with Gasteiger partial charge in [0.15, 0.2) is 0 Å². The molecule has 0 spiro atoms. The quantitative estimate of drug-likeness (QED) is 0.847. The summed E-state index contributed by atoms with van der Waals surface area (Å²) >= 11 is 0. The normalized spacial score (nSPS) is 19.3. The monoisotopic (exact) mass is 312 g/mol. The van der Waals surface area contributed by atoms with Crippen LogP contribution in [0.1, 0.15) is 30.4 Å². The SMILES string of the molecule is Cc1nccc(CN2CC(n3cc(N4CCCC4=O)cn3)C2)n1. The lowest BCUT2D eigenvalue weighted by molar-refractivity contribution is -0.117. The van der Waals surface area contributed by atoms with Crippen LogP contribution in [0.25, 0.3) is 0 Å². The van der Waals surface area contributed by atoms with E-state index in [0.29, 0.717) is 12.5 Å². The van der Waals surface area contributed by atoms with Crippen LogP contribution in [0.4, 0.5) is 5.69 Å². The second-order valence-electron chi connectivity index (χ2n) is 6.27. The van der Waals surface area contributed by atoms with Crippen LogP contribution >= 0.6 is 0 Å². The Kier molecular flexibility index (Phi) is 3.57. The van der Waals surface area contributed by atoms with Crippen molar-refractivity contribution in [2.75, 3.05) is 24.5 Å². The summed E-state index contributed by atoms with van der Waals surface area (Å²) in [5.41, 5.74) is 1.98. The molecule has 4 heterocycles. The fourth-order valence-corrected chi connectivity index (χ4v) is 3.25. The number of aryl methyl sites for hydroxylation is 1. The first kappa shape index (κ1) is 14.3. The average molecular weight is 312 g/mol. The number of likely N-dealkylation sites (tertiary alicyclic amines) is 1. The second kappa shape index (κ2) is 5.73. The van der Waals surface area contributed by atoms with Gasteiger partial charge in [0.2, 0.25) is 5.91 Å². The molecule has 0 unspecified atom stereocenters. The summed E-state index contributed by atoms with van der Waals surface area (Å²) in [5, 5.41) is 4.44. The maximum atomic E-state index is 11.8. The molecule has 2 aromatic rings. The van der Waals surface area contributed by atoms with Crippen LogP contribution in [-0.2, 0) is 11.3 Å². The largest absolute Gasteiger partial charge is 0.309 e. The van der Waals surface area contributed by atoms with Crippen LogP contribution in [0, 0.1) is 6.92 Å². The topological polar surface area (TPSA) is 67.2 Å². The van der Waals surface area contributed by atoms with Gasteiger partial charge >= 0.3 is 0 Å². The molecule has 23 heavy (non-hydrogen) atoms. The third-order valence-corrected chi connectivity index (χ3v) is 4.50. The fraction of sp³-hybridized carbons (Fsp3) is 0.500. The van der Waals surface area contributed by atoms with Crippen molar-refractivity contribution in [2.45, 2.75) is 32.4 Å². The minimum absolute atomic E-state index is 0.207. The molecule has 2 saturated heterocycles. The van der Waals surface area contributed by atoms with Crippen LogP contribution in [0.5, 0.6) is 0 Å². The first-order valence-electron chi connectivity index (χ1n) is 8.04. The fourth-order valence-electron chi connectivity index (χ4n) is 3.25. The molecule has 1 amide bonds. The highest BCUT2D eigenvalue weighted by molar-refractivity contribution is 5.95. The Labute approximate surface area is 134 Å². The third kappa shape index (κ3) is 2.84. The van der Waals surface area contributed by atoms with Crippen LogP contribution in [-0.4, -0.2) is 50.2 Å². The van der Waals surface area contributed by atoms with Crippen molar-refractivity contribution in [1.29, 1.82) is 0 Å². The predicted octanol–water partition coefficient (Wildman–Crippen LogP) is 1.17. The molecule has 2 fully saturated rings. The molecule has 0 aliphatic carbocycles. The highest BCUT2D eigenvalue weighted by Gasteiger charge is 2.30. The molecule has 0 bridgehead atoms. The van der Waals surface area contributed by atoms with E-state index in [1.807, 2.05) is 35.0 Å². The van der Waals surface area contributed by atoms with Crippen molar-refractivity contribution in [3.63, 3.8) is 0 Å². The lowest BCUT2D eigenvalue weighted by Gasteiger charge is -2.38. The summed E-state index contributed by atoms with van der Waals surface area (Å²) in [6.45, 7) is 5.48. The summed E-state index contributed by atoms with van der Waals surface area (Å²) in [5.74, 6) is 1.02. The molecule has 0 saturated carbocycles. The number of nitrogens with zero attached hydrogens (tertiary/aromatic N) is 6. The molecular weight excluding hydrogens is 292 g/mol. The first-order valence-corrected chi connectivity index (χ1v) is 8.04. The standard InChI is InChI=1S/C16H20N6O/c1-12-17-5-4-13(19-12)8-20-9-15(10-20)22-11-14(7-18-22)21-6-2-3-16(21)23/h4-5,7,11,15H,2-3,6,8-10H2,1H3. The molecule has 7 heteroatoms. The van der Waals surface area contributed by atoms with Gasteiger partial charge in [-0.2, -0.15) is 5.10 Å². The van der Waals surface area contributed by atoms with Crippen LogP contribution in [0.3, 0.4) is 0 Å². The van der Waals surface area contributed by atoms with E-state index < -0.39 is 0 Å². The molecule has 0 aromatic carbocycles. The Hall–Kier alpha value is -2.28. The van der Waals surface area contributed by atoms with E-state index in [-0.39, 0.29) is 5.91 Å². The third-order valence-electron chi connectivity index (χ3n) is 4.50. The maximum Gasteiger partial charge on any atom is 0.227 e. The van der Waals surface area contributed by atoms with Gasteiger partial charge in [-0.05, 0) is 19.4 Å². The summed E-state index contributed by atoms with van der Waals surface area (Å²) in [6, 6.07) is 2.34. The lowest BCUT2D eigenvalue weighted by Crippen LogP contribution is -2.47. The number of amides is 1. The molecule has 4 rings (SSSR count). The highest BCUT2D eigenvalue weighted by Crippen LogP contribution is 2.26. The number of hydrogen-bond donors (Lipinski definition) is 0. The van der Waals surface area contributed by atoms with E-state index in [9.17, 15) is 4.79 Å². The maximum absolute atomic E-state index is 11.8. The molecule has 7 nitrogen and oxygen atoms in total. The summed E-state index contributed by atoms with van der Waals surface area (Å²) in [6.07, 6.45) is 7.21. The zero-order valence-electron chi connectivity index (χ0n) is 13.2. The van der Waals surface area contributed by atoms with E-state index in [0.717, 1.165) is 49.8 Å². The number of carbonyl (C=O) groups is 1. The van der Waals surface area contributed by atoms with Gasteiger partial charge < -0.3 is 4.90 Å². The van der Waals surface area contributed by atoms with Crippen molar-refractivity contribution >= 4 is 11.6 Å². The van der Waals surface area contributed by atoms with Crippen LogP contribution < -0.4 is 4.90 Å². The van der Waals surface area contributed by atoms with Gasteiger partial charge in [0.05, 0.1) is 23.6 Å².